The van der Waals surface area contributed by atoms with E-state index in [2.05, 4.69) is 41.4 Å². The van der Waals surface area contributed by atoms with Gasteiger partial charge in [-0.25, -0.2) is 9.97 Å². The summed E-state index contributed by atoms with van der Waals surface area (Å²) in [6.45, 7) is 8.97. The average molecular weight is 409 g/mol. The van der Waals surface area contributed by atoms with Crippen LogP contribution < -0.4 is 10.6 Å². The number of carbonyl (C=O) groups excluding carboxylic acids is 2. The molecule has 1 amide bonds. The highest BCUT2D eigenvalue weighted by Gasteiger charge is 2.16. The Morgan fingerprint density at radius 3 is 2.56 bits per heavy atom. The third-order valence-electron chi connectivity index (χ3n) is 3.94. The second kappa shape index (κ2) is 9.52. The van der Waals surface area contributed by atoms with Crippen molar-refractivity contribution in [2.75, 3.05) is 12.4 Å². The van der Waals surface area contributed by atoms with Crippen LogP contribution in [0.25, 0.3) is 10.6 Å². The molecule has 0 unspecified atom stereocenters. The van der Waals surface area contributed by atoms with E-state index in [0.29, 0.717) is 11.6 Å². The molecule has 0 aliphatic rings. The Kier molecular flexibility index (Phi) is 7.64. The number of hydrogen-bond donors (Lipinski definition) is 2. The third-order valence-corrected chi connectivity index (χ3v) is 5.88. The number of amides is 1. The van der Waals surface area contributed by atoms with Crippen molar-refractivity contribution in [3.63, 3.8) is 0 Å². The van der Waals surface area contributed by atoms with Gasteiger partial charge < -0.3 is 10.6 Å². The second-order valence-corrected chi connectivity index (χ2v) is 9.68. The number of aromatic nitrogens is 2. The molecule has 2 rings (SSSR count). The van der Waals surface area contributed by atoms with Gasteiger partial charge in [-0.1, -0.05) is 32.1 Å². The lowest BCUT2D eigenvalue weighted by Crippen LogP contribution is -2.14. The summed E-state index contributed by atoms with van der Waals surface area (Å²) >= 11 is 3.01. The van der Waals surface area contributed by atoms with Gasteiger partial charge in [-0.05, 0) is 25.8 Å². The first-order valence-corrected chi connectivity index (χ1v) is 10.8. The molecule has 0 spiro atoms. The van der Waals surface area contributed by atoms with E-state index in [1.54, 1.807) is 11.3 Å². The third kappa shape index (κ3) is 7.12. The molecule has 2 N–H and O–H groups in total. The van der Waals surface area contributed by atoms with Crippen LogP contribution in [0.4, 0.5) is 5.13 Å². The van der Waals surface area contributed by atoms with Crippen LogP contribution in [0.3, 0.4) is 0 Å². The van der Waals surface area contributed by atoms with E-state index in [1.807, 2.05) is 19.4 Å². The molecule has 2 aromatic heterocycles. The summed E-state index contributed by atoms with van der Waals surface area (Å²) in [6, 6.07) is 0. The summed E-state index contributed by atoms with van der Waals surface area (Å²) in [4.78, 5) is 34.1. The first-order valence-electron chi connectivity index (χ1n) is 9.06. The van der Waals surface area contributed by atoms with Crippen LogP contribution in [0.5, 0.6) is 0 Å². The zero-order valence-corrected chi connectivity index (χ0v) is 18.3. The van der Waals surface area contributed by atoms with Gasteiger partial charge in [0.1, 0.15) is 10.8 Å². The van der Waals surface area contributed by atoms with E-state index < -0.39 is 0 Å². The molecule has 148 valence electrons. The van der Waals surface area contributed by atoms with Crippen LogP contribution in [0.15, 0.2) is 5.38 Å². The van der Waals surface area contributed by atoms with E-state index in [-0.39, 0.29) is 29.9 Å². The van der Waals surface area contributed by atoms with Crippen molar-refractivity contribution in [3.05, 3.63) is 16.1 Å². The maximum Gasteiger partial charge on any atom is 0.226 e. The quantitative estimate of drug-likeness (QED) is 0.642. The van der Waals surface area contributed by atoms with Gasteiger partial charge in [-0.15, -0.1) is 11.3 Å². The highest BCUT2D eigenvalue weighted by Crippen LogP contribution is 2.33. The summed E-state index contributed by atoms with van der Waals surface area (Å²) in [5.41, 5.74) is 1.87. The van der Waals surface area contributed by atoms with Crippen molar-refractivity contribution in [3.8, 4) is 10.6 Å². The molecule has 0 aromatic carbocycles. The van der Waals surface area contributed by atoms with Gasteiger partial charge in [0.25, 0.3) is 0 Å². The molecule has 2 aromatic rings. The Balaban J connectivity index is 1.88. The predicted octanol–water partition coefficient (Wildman–Crippen LogP) is 4.41. The molecule has 0 atom stereocenters. The molecule has 6 nitrogen and oxygen atoms in total. The molecular formula is C19H28N4O2S2. The monoisotopic (exact) mass is 408 g/mol. The number of thiazole rings is 2. The molecule has 2 heterocycles. The lowest BCUT2D eigenvalue weighted by Gasteiger charge is -2.16. The molecule has 0 fully saturated rings. The minimum Gasteiger partial charge on any atom is -0.314 e. The van der Waals surface area contributed by atoms with Crippen molar-refractivity contribution < 1.29 is 9.59 Å². The van der Waals surface area contributed by atoms with Crippen LogP contribution in [-0.2, 0) is 16.1 Å². The zero-order chi connectivity index (χ0) is 20.0. The summed E-state index contributed by atoms with van der Waals surface area (Å²) < 4.78 is 0. The zero-order valence-electron chi connectivity index (χ0n) is 16.6. The minimum absolute atomic E-state index is 0.134. The molecule has 0 radical (unpaired) electrons. The lowest BCUT2D eigenvalue weighted by molar-refractivity contribution is -0.123. The van der Waals surface area contributed by atoms with E-state index in [1.165, 1.54) is 11.3 Å². The van der Waals surface area contributed by atoms with E-state index >= 15 is 0 Å². The Bertz CT molecular complexity index is 790. The van der Waals surface area contributed by atoms with Crippen LogP contribution in [0, 0.1) is 12.3 Å². The Labute approximate surface area is 168 Å². The first-order chi connectivity index (χ1) is 12.7. The van der Waals surface area contributed by atoms with Gasteiger partial charge in [0, 0.05) is 31.2 Å². The van der Waals surface area contributed by atoms with E-state index in [0.717, 1.165) is 34.2 Å². The number of rotatable bonds is 9. The number of ketones is 1. The molecule has 0 aliphatic heterocycles. The average Bonchev–Trinajstić information content (AvgIpc) is 3.17. The molecule has 0 aliphatic carbocycles. The molecule has 27 heavy (non-hydrogen) atoms. The maximum atomic E-state index is 12.1. The fraction of sp³-hybridized carbons (Fsp3) is 0.579. The Morgan fingerprint density at radius 2 is 1.89 bits per heavy atom. The summed E-state index contributed by atoms with van der Waals surface area (Å²) in [7, 11) is 1.89. The van der Waals surface area contributed by atoms with Gasteiger partial charge in [-0.3, -0.25) is 9.59 Å². The number of anilines is 1. The van der Waals surface area contributed by atoms with Gasteiger partial charge in [0.05, 0.1) is 16.3 Å². The van der Waals surface area contributed by atoms with Crippen LogP contribution in [0.1, 0.15) is 57.2 Å². The highest BCUT2D eigenvalue weighted by molar-refractivity contribution is 7.19. The molecule has 0 saturated heterocycles. The number of Topliss-reactive ketones (excluding diaryl/α,β-unsaturated/α-hetero) is 1. The van der Waals surface area contributed by atoms with Gasteiger partial charge in [-0.2, -0.15) is 0 Å². The molecule has 0 bridgehead atoms. The highest BCUT2D eigenvalue weighted by atomic mass is 32.1. The van der Waals surface area contributed by atoms with Gasteiger partial charge in [0.15, 0.2) is 5.13 Å². The smallest absolute Gasteiger partial charge is 0.226 e. The largest absolute Gasteiger partial charge is 0.314 e. The first kappa shape index (κ1) is 21.7. The second-order valence-electron chi connectivity index (χ2n) is 7.74. The number of aryl methyl sites for hydroxylation is 1. The number of nitrogens with zero attached hydrogens (tertiary/aromatic N) is 2. The van der Waals surface area contributed by atoms with Crippen molar-refractivity contribution >= 4 is 39.5 Å². The summed E-state index contributed by atoms with van der Waals surface area (Å²) in [5.74, 6) is -0.0378. The predicted molar refractivity (Wildman–Crippen MR) is 112 cm³/mol. The van der Waals surface area contributed by atoms with Crippen molar-refractivity contribution in [1.29, 1.82) is 0 Å². The van der Waals surface area contributed by atoms with Crippen molar-refractivity contribution in [2.24, 2.45) is 5.41 Å². The molecule has 8 heteroatoms. The topological polar surface area (TPSA) is 84.0 Å². The summed E-state index contributed by atoms with van der Waals surface area (Å²) in [5, 5.41) is 9.47. The van der Waals surface area contributed by atoms with E-state index in [9.17, 15) is 9.59 Å². The maximum absolute atomic E-state index is 12.1. The van der Waals surface area contributed by atoms with Gasteiger partial charge in [0.2, 0.25) is 5.91 Å². The minimum atomic E-state index is -0.173. The van der Waals surface area contributed by atoms with Crippen LogP contribution >= 0.6 is 22.7 Å². The Morgan fingerprint density at radius 1 is 1.15 bits per heavy atom. The molecular weight excluding hydrogens is 380 g/mol. The Hall–Kier alpha value is -1.64. The lowest BCUT2D eigenvalue weighted by atomic mass is 9.89. The number of hydrogen-bond acceptors (Lipinski definition) is 7. The SMILES string of the molecule is CNCc1nc(-c2sc(NC(=O)CCC(=O)CCC(C)(C)C)nc2C)cs1. The number of nitrogens with one attached hydrogen (secondary N) is 2. The standard InChI is InChI=1S/C19H28N4O2S2/c1-12-17(14-11-26-16(22-14)10-20-5)27-18(21-12)23-15(25)7-6-13(24)8-9-19(2,3)4/h11,20H,6-10H2,1-5H3,(H,21,23,25). The summed E-state index contributed by atoms with van der Waals surface area (Å²) in [6.07, 6.45) is 1.83. The van der Waals surface area contributed by atoms with Crippen molar-refractivity contribution in [1.82, 2.24) is 15.3 Å². The number of carbonyl (C=O) groups is 2. The van der Waals surface area contributed by atoms with Gasteiger partial charge >= 0.3 is 0 Å². The fourth-order valence-corrected chi connectivity index (χ4v) is 4.22. The van der Waals surface area contributed by atoms with E-state index in [4.69, 9.17) is 0 Å². The van der Waals surface area contributed by atoms with Crippen molar-refractivity contribution in [2.45, 2.75) is 59.9 Å². The van der Waals surface area contributed by atoms with Crippen LogP contribution in [0.2, 0.25) is 0 Å². The normalized spacial score (nSPS) is 11.6. The van der Waals surface area contributed by atoms with Crippen LogP contribution in [-0.4, -0.2) is 28.7 Å². The fourth-order valence-electron chi connectivity index (χ4n) is 2.41. The molecule has 0 saturated carbocycles.